The Morgan fingerprint density at radius 2 is 2.09 bits per heavy atom. The number of morpholine rings is 1. The van der Waals surface area contributed by atoms with Gasteiger partial charge >= 0.3 is 0 Å². The molecule has 4 rings (SSSR count). The second-order valence-electron chi connectivity index (χ2n) is 5.83. The highest BCUT2D eigenvalue weighted by molar-refractivity contribution is 5.40. The summed E-state index contributed by atoms with van der Waals surface area (Å²) in [5.41, 5.74) is 0. The van der Waals surface area contributed by atoms with Gasteiger partial charge < -0.3 is 14.2 Å². The van der Waals surface area contributed by atoms with Gasteiger partial charge in [0.25, 0.3) is 0 Å². The van der Waals surface area contributed by atoms with E-state index in [4.69, 9.17) is 14.2 Å². The van der Waals surface area contributed by atoms with Gasteiger partial charge in [-0.25, -0.2) is 4.98 Å². The largest absolute Gasteiger partial charge is 0.486 e. The number of fused-ring (bicyclic) bond motifs is 1. The van der Waals surface area contributed by atoms with Crippen LogP contribution in [0.1, 0.15) is 11.9 Å². The quantitative estimate of drug-likeness (QED) is 0.843. The van der Waals surface area contributed by atoms with Crippen molar-refractivity contribution in [3.63, 3.8) is 0 Å². The molecule has 122 valence electrons. The fraction of sp³-hybridized carbons (Fsp3) is 0.500. The first kappa shape index (κ1) is 14.5. The number of nitrogens with zero attached hydrogens (tertiary/aromatic N) is 4. The molecule has 0 saturated carbocycles. The van der Waals surface area contributed by atoms with E-state index in [2.05, 4.69) is 15.0 Å². The Labute approximate surface area is 134 Å². The van der Waals surface area contributed by atoms with Gasteiger partial charge in [-0.1, -0.05) is 12.1 Å². The summed E-state index contributed by atoms with van der Waals surface area (Å²) in [6.45, 7) is 3.52. The molecule has 0 N–H and O–H groups in total. The number of aromatic nitrogens is 3. The lowest BCUT2D eigenvalue weighted by Gasteiger charge is -2.37. The van der Waals surface area contributed by atoms with E-state index < -0.39 is 0 Å². The van der Waals surface area contributed by atoms with Crippen molar-refractivity contribution in [2.75, 3.05) is 32.9 Å². The van der Waals surface area contributed by atoms with Crippen molar-refractivity contribution in [1.29, 1.82) is 0 Å². The molecule has 1 fully saturated rings. The summed E-state index contributed by atoms with van der Waals surface area (Å²) in [5.74, 6) is 2.55. The van der Waals surface area contributed by atoms with Crippen LogP contribution < -0.4 is 9.47 Å². The van der Waals surface area contributed by atoms with Crippen LogP contribution in [0, 0.1) is 0 Å². The number of benzene rings is 1. The van der Waals surface area contributed by atoms with E-state index in [1.807, 2.05) is 31.3 Å². The monoisotopic (exact) mass is 316 g/mol. The first-order valence-electron chi connectivity index (χ1n) is 7.85. The molecule has 0 bridgehead atoms. The van der Waals surface area contributed by atoms with Gasteiger partial charge in [0.05, 0.1) is 19.3 Å². The van der Waals surface area contributed by atoms with Crippen LogP contribution in [0.2, 0.25) is 0 Å². The molecule has 2 aliphatic rings. The first-order valence-corrected chi connectivity index (χ1v) is 7.85. The molecule has 0 aliphatic carbocycles. The maximum atomic E-state index is 6.08. The first-order chi connectivity index (χ1) is 11.3. The maximum absolute atomic E-state index is 6.08. The highest BCUT2D eigenvalue weighted by Gasteiger charge is 2.32. The number of rotatable bonds is 3. The van der Waals surface area contributed by atoms with Crippen molar-refractivity contribution in [2.24, 2.45) is 7.05 Å². The van der Waals surface area contributed by atoms with E-state index in [1.54, 1.807) is 11.0 Å². The van der Waals surface area contributed by atoms with Crippen molar-refractivity contribution >= 4 is 0 Å². The summed E-state index contributed by atoms with van der Waals surface area (Å²) < 4.78 is 19.3. The lowest BCUT2D eigenvalue weighted by molar-refractivity contribution is -0.0375. The van der Waals surface area contributed by atoms with Gasteiger partial charge in [-0.2, -0.15) is 5.10 Å². The zero-order chi connectivity index (χ0) is 15.6. The van der Waals surface area contributed by atoms with Gasteiger partial charge in [-0.15, -0.1) is 0 Å². The minimum absolute atomic E-state index is 0.00118. The topological polar surface area (TPSA) is 61.6 Å². The van der Waals surface area contributed by atoms with E-state index in [-0.39, 0.29) is 12.1 Å². The molecule has 7 nitrogen and oxygen atoms in total. The maximum Gasteiger partial charge on any atom is 0.161 e. The van der Waals surface area contributed by atoms with Crippen LogP contribution in [0.15, 0.2) is 30.6 Å². The molecule has 2 aromatic rings. The number of hydrogen-bond acceptors (Lipinski definition) is 6. The third-order valence-corrected chi connectivity index (χ3v) is 4.29. The van der Waals surface area contributed by atoms with Crippen molar-refractivity contribution < 1.29 is 14.2 Å². The fourth-order valence-corrected chi connectivity index (χ4v) is 3.12. The highest BCUT2D eigenvalue weighted by atomic mass is 16.6. The molecule has 0 amide bonds. The van der Waals surface area contributed by atoms with Gasteiger partial charge in [-0.3, -0.25) is 9.58 Å². The predicted molar refractivity (Wildman–Crippen MR) is 82.5 cm³/mol. The molecule has 2 unspecified atom stereocenters. The molecule has 2 atom stereocenters. The molecule has 7 heteroatoms. The van der Waals surface area contributed by atoms with Crippen molar-refractivity contribution in [2.45, 2.75) is 12.1 Å². The van der Waals surface area contributed by atoms with Crippen molar-refractivity contribution in [1.82, 2.24) is 19.7 Å². The normalized spacial score (nSPS) is 24.6. The summed E-state index contributed by atoms with van der Waals surface area (Å²) in [4.78, 5) is 6.72. The van der Waals surface area contributed by atoms with E-state index >= 15 is 0 Å². The predicted octanol–water partition coefficient (Wildman–Crippen LogP) is 1.03. The number of aryl methyl sites for hydroxylation is 1. The molecule has 1 saturated heterocycles. The molecule has 2 aliphatic heterocycles. The third-order valence-electron chi connectivity index (χ3n) is 4.29. The molecule has 1 aromatic carbocycles. The molecular formula is C16H20N4O3. The third kappa shape index (κ3) is 2.89. The average molecular weight is 316 g/mol. The van der Waals surface area contributed by atoms with Crippen LogP contribution in [0.3, 0.4) is 0 Å². The average Bonchev–Trinajstić information content (AvgIpc) is 3.01. The molecule has 0 spiro atoms. The van der Waals surface area contributed by atoms with Gasteiger partial charge in [0.15, 0.2) is 11.5 Å². The van der Waals surface area contributed by atoms with Gasteiger partial charge in [0.1, 0.15) is 24.9 Å². The van der Waals surface area contributed by atoms with E-state index in [9.17, 15) is 0 Å². The lowest BCUT2D eigenvalue weighted by Crippen LogP contribution is -2.47. The Balaban J connectivity index is 1.48. The molecule has 23 heavy (non-hydrogen) atoms. The lowest BCUT2D eigenvalue weighted by atomic mass is 10.1. The van der Waals surface area contributed by atoms with Crippen LogP contribution in [-0.4, -0.2) is 58.7 Å². The minimum atomic E-state index is -0.00118. The molecule has 1 aromatic heterocycles. The second kappa shape index (κ2) is 6.17. The fourth-order valence-electron chi connectivity index (χ4n) is 3.12. The summed E-state index contributed by atoms with van der Waals surface area (Å²) in [6, 6.07) is 7.89. The summed E-state index contributed by atoms with van der Waals surface area (Å²) in [5, 5.41) is 4.17. The Bertz CT molecular complexity index is 675. The number of para-hydroxylation sites is 2. The SMILES string of the molecule is Cn1ncnc1C1COCCN1CC1COc2ccccc2O1. The zero-order valence-corrected chi connectivity index (χ0v) is 13.1. The Morgan fingerprint density at radius 1 is 1.22 bits per heavy atom. The smallest absolute Gasteiger partial charge is 0.161 e. The number of hydrogen-bond donors (Lipinski definition) is 0. The van der Waals surface area contributed by atoms with E-state index in [0.717, 1.165) is 37.0 Å². The summed E-state index contributed by atoms with van der Waals surface area (Å²) >= 11 is 0. The van der Waals surface area contributed by atoms with Crippen LogP contribution in [0.4, 0.5) is 0 Å². The molecule has 0 radical (unpaired) electrons. The van der Waals surface area contributed by atoms with Gasteiger partial charge in [0, 0.05) is 20.1 Å². The van der Waals surface area contributed by atoms with Crippen LogP contribution in [-0.2, 0) is 11.8 Å². The van der Waals surface area contributed by atoms with Crippen molar-refractivity contribution in [3.8, 4) is 11.5 Å². The summed E-state index contributed by atoms with van der Waals surface area (Å²) in [6.07, 6.45) is 1.58. The molecular weight excluding hydrogens is 296 g/mol. The van der Waals surface area contributed by atoms with Crippen LogP contribution >= 0.6 is 0 Å². The van der Waals surface area contributed by atoms with Crippen LogP contribution in [0.5, 0.6) is 11.5 Å². The van der Waals surface area contributed by atoms with Crippen molar-refractivity contribution in [3.05, 3.63) is 36.4 Å². The van der Waals surface area contributed by atoms with Gasteiger partial charge in [-0.05, 0) is 12.1 Å². The molecule has 3 heterocycles. The Kier molecular flexibility index (Phi) is 3.88. The standard InChI is InChI=1S/C16H20N4O3/c1-19-16(17-11-18-19)13-10-21-7-6-20(13)8-12-9-22-14-4-2-3-5-15(14)23-12/h2-5,11-13H,6-10H2,1H3. The van der Waals surface area contributed by atoms with Crippen LogP contribution in [0.25, 0.3) is 0 Å². The Morgan fingerprint density at radius 3 is 2.91 bits per heavy atom. The second-order valence-corrected chi connectivity index (χ2v) is 5.83. The minimum Gasteiger partial charge on any atom is -0.486 e. The van der Waals surface area contributed by atoms with Gasteiger partial charge in [0.2, 0.25) is 0 Å². The number of ether oxygens (including phenoxy) is 3. The van der Waals surface area contributed by atoms with E-state index in [1.165, 1.54) is 0 Å². The zero-order valence-electron chi connectivity index (χ0n) is 13.1. The van der Waals surface area contributed by atoms with E-state index in [0.29, 0.717) is 13.2 Å². The Hall–Kier alpha value is -2.12. The highest BCUT2D eigenvalue weighted by Crippen LogP contribution is 2.32. The summed E-state index contributed by atoms with van der Waals surface area (Å²) in [7, 11) is 1.91.